The van der Waals surface area contributed by atoms with Gasteiger partial charge in [-0.05, 0) is 37.3 Å². The first-order valence-electron chi connectivity index (χ1n) is 5.47. The van der Waals surface area contributed by atoms with Crippen molar-refractivity contribution in [2.75, 3.05) is 5.32 Å². The van der Waals surface area contributed by atoms with Crippen LogP contribution in [0.15, 0.2) is 12.1 Å². The molecule has 1 fully saturated rings. The van der Waals surface area contributed by atoms with E-state index in [1.54, 1.807) is 12.1 Å². The fraction of sp³-hybridized carbons (Fsp3) is 0.500. The van der Waals surface area contributed by atoms with Gasteiger partial charge in [0.25, 0.3) is 0 Å². The van der Waals surface area contributed by atoms with Gasteiger partial charge in [0.2, 0.25) is 0 Å². The van der Waals surface area contributed by atoms with Gasteiger partial charge in [0, 0.05) is 6.04 Å². The van der Waals surface area contributed by atoms with Crippen LogP contribution in [0.5, 0.6) is 0 Å². The molecule has 88 valence electrons. The van der Waals surface area contributed by atoms with Gasteiger partial charge in [-0.15, -0.1) is 0 Å². The molecular formula is C12H14Cl3N. The topological polar surface area (TPSA) is 12.0 Å². The number of halogens is 3. The molecule has 0 aliphatic heterocycles. The van der Waals surface area contributed by atoms with Gasteiger partial charge in [0.05, 0.1) is 20.8 Å². The highest BCUT2D eigenvalue weighted by atomic mass is 35.5. The second-order valence-electron chi connectivity index (χ2n) is 4.51. The highest BCUT2D eigenvalue weighted by Crippen LogP contribution is 2.35. The molecule has 0 heterocycles. The molecule has 1 N–H and O–H groups in total. The third-order valence-corrected chi connectivity index (χ3v) is 4.10. The van der Waals surface area contributed by atoms with E-state index in [0.29, 0.717) is 21.1 Å². The van der Waals surface area contributed by atoms with Crippen LogP contribution < -0.4 is 5.32 Å². The Bertz CT molecular complexity index is 392. The molecule has 1 aromatic carbocycles. The first-order chi connectivity index (χ1) is 7.56. The molecule has 0 saturated heterocycles. The minimum Gasteiger partial charge on any atom is -0.381 e. The largest absolute Gasteiger partial charge is 0.381 e. The lowest BCUT2D eigenvalue weighted by Gasteiger charge is -2.16. The molecule has 0 spiro atoms. The molecule has 1 saturated carbocycles. The summed E-state index contributed by atoms with van der Waals surface area (Å²) in [7, 11) is 0. The maximum absolute atomic E-state index is 6.11. The van der Waals surface area contributed by atoms with Crippen molar-refractivity contribution in [3.8, 4) is 0 Å². The monoisotopic (exact) mass is 277 g/mol. The van der Waals surface area contributed by atoms with Crippen molar-refractivity contribution in [3.63, 3.8) is 0 Å². The molecular weight excluding hydrogens is 264 g/mol. The molecule has 0 radical (unpaired) electrons. The van der Waals surface area contributed by atoms with Crippen LogP contribution in [0, 0.1) is 5.92 Å². The van der Waals surface area contributed by atoms with Crippen molar-refractivity contribution in [2.24, 2.45) is 5.92 Å². The molecule has 2 atom stereocenters. The Morgan fingerprint density at radius 1 is 1.06 bits per heavy atom. The van der Waals surface area contributed by atoms with Crippen molar-refractivity contribution in [1.29, 1.82) is 0 Å². The van der Waals surface area contributed by atoms with Gasteiger partial charge in [0.15, 0.2) is 0 Å². The van der Waals surface area contributed by atoms with E-state index < -0.39 is 0 Å². The summed E-state index contributed by atoms with van der Waals surface area (Å²) < 4.78 is 0. The predicted octanol–water partition coefficient (Wildman–Crippen LogP) is 5.25. The van der Waals surface area contributed by atoms with E-state index in [1.165, 1.54) is 19.3 Å². The SMILES string of the molecule is CC1CCC(Nc2cc(Cl)c(Cl)cc2Cl)C1. The lowest BCUT2D eigenvalue weighted by molar-refractivity contribution is 0.602. The third kappa shape index (κ3) is 2.77. The van der Waals surface area contributed by atoms with Gasteiger partial charge < -0.3 is 5.32 Å². The zero-order valence-corrected chi connectivity index (χ0v) is 11.3. The van der Waals surface area contributed by atoms with Crippen molar-refractivity contribution >= 4 is 40.5 Å². The van der Waals surface area contributed by atoms with Crippen molar-refractivity contribution in [2.45, 2.75) is 32.2 Å². The zero-order valence-electron chi connectivity index (χ0n) is 9.06. The highest BCUT2D eigenvalue weighted by molar-refractivity contribution is 6.44. The van der Waals surface area contributed by atoms with Gasteiger partial charge in [-0.1, -0.05) is 41.7 Å². The summed E-state index contributed by atoms with van der Waals surface area (Å²) in [5.74, 6) is 0.791. The van der Waals surface area contributed by atoms with Crippen molar-refractivity contribution < 1.29 is 0 Å². The van der Waals surface area contributed by atoms with Crippen LogP contribution in [0.25, 0.3) is 0 Å². The molecule has 0 amide bonds. The number of benzene rings is 1. The number of hydrogen-bond donors (Lipinski definition) is 1. The molecule has 2 rings (SSSR count). The van der Waals surface area contributed by atoms with Crippen molar-refractivity contribution in [3.05, 3.63) is 27.2 Å². The number of rotatable bonds is 2. The molecule has 4 heteroatoms. The molecule has 1 aromatic rings. The Morgan fingerprint density at radius 2 is 1.75 bits per heavy atom. The molecule has 1 aliphatic carbocycles. The lowest BCUT2D eigenvalue weighted by atomic mass is 10.1. The van der Waals surface area contributed by atoms with Gasteiger partial charge in [0.1, 0.15) is 0 Å². The summed E-state index contributed by atoms with van der Waals surface area (Å²) in [6.07, 6.45) is 3.66. The van der Waals surface area contributed by atoms with Crippen LogP contribution in [0.1, 0.15) is 26.2 Å². The Kier molecular flexibility index (Phi) is 3.89. The molecule has 1 nitrogen and oxygen atoms in total. The second-order valence-corrected chi connectivity index (χ2v) is 5.73. The maximum Gasteiger partial charge on any atom is 0.0653 e. The van der Waals surface area contributed by atoms with Crippen molar-refractivity contribution in [1.82, 2.24) is 0 Å². The number of nitrogens with one attached hydrogen (secondary N) is 1. The van der Waals surface area contributed by atoms with Gasteiger partial charge in [-0.2, -0.15) is 0 Å². The molecule has 16 heavy (non-hydrogen) atoms. The Labute approximate surface area is 111 Å². The molecule has 0 aromatic heterocycles. The van der Waals surface area contributed by atoms with Crippen LogP contribution >= 0.6 is 34.8 Å². The van der Waals surface area contributed by atoms with Gasteiger partial charge >= 0.3 is 0 Å². The van der Waals surface area contributed by atoms with E-state index in [2.05, 4.69) is 12.2 Å². The summed E-state index contributed by atoms with van der Waals surface area (Å²) >= 11 is 18.0. The second kappa shape index (κ2) is 5.03. The van der Waals surface area contributed by atoms with Gasteiger partial charge in [-0.3, -0.25) is 0 Å². The van der Waals surface area contributed by atoms with Gasteiger partial charge in [-0.25, -0.2) is 0 Å². The standard InChI is InChI=1S/C12H14Cl3N/c1-7-2-3-8(4-7)16-12-6-10(14)9(13)5-11(12)15/h5-8,16H,2-4H2,1H3. The molecule has 0 bridgehead atoms. The number of hydrogen-bond acceptors (Lipinski definition) is 1. The van der Waals surface area contributed by atoms with E-state index in [1.807, 2.05) is 0 Å². The first-order valence-corrected chi connectivity index (χ1v) is 6.60. The van der Waals surface area contributed by atoms with Crippen LogP contribution in [-0.4, -0.2) is 6.04 Å². The Balaban J connectivity index is 2.12. The molecule has 1 aliphatic rings. The average Bonchev–Trinajstić information content (AvgIpc) is 2.60. The van der Waals surface area contributed by atoms with Crippen LogP contribution in [0.2, 0.25) is 15.1 Å². The normalized spacial score (nSPS) is 24.8. The fourth-order valence-electron chi connectivity index (χ4n) is 2.19. The summed E-state index contributed by atoms with van der Waals surface area (Å²) in [5.41, 5.74) is 0.884. The summed E-state index contributed by atoms with van der Waals surface area (Å²) in [6.45, 7) is 2.28. The summed E-state index contributed by atoms with van der Waals surface area (Å²) in [5, 5.41) is 5.10. The minimum absolute atomic E-state index is 0.497. The maximum atomic E-state index is 6.11. The number of anilines is 1. The zero-order chi connectivity index (χ0) is 11.7. The minimum atomic E-state index is 0.497. The smallest absolute Gasteiger partial charge is 0.0653 e. The third-order valence-electron chi connectivity index (χ3n) is 3.06. The van der Waals surface area contributed by atoms with E-state index in [4.69, 9.17) is 34.8 Å². The lowest BCUT2D eigenvalue weighted by Crippen LogP contribution is -2.15. The Hall–Kier alpha value is -0.110. The van der Waals surface area contributed by atoms with E-state index >= 15 is 0 Å². The van der Waals surface area contributed by atoms with E-state index in [-0.39, 0.29) is 0 Å². The quantitative estimate of drug-likeness (QED) is 0.729. The van der Waals surface area contributed by atoms with Crippen LogP contribution in [-0.2, 0) is 0 Å². The molecule has 2 unspecified atom stereocenters. The van der Waals surface area contributed by atoms with E-state index in [0.717, 1.165) is 11.6 Å². The summed E-state index contributed by atoms with van der Waals surface area (Å²) in [6, 6.07) is 3.99. The van der Waals surface area contributed by atoms with E-state index in [9.17, 15) is 0 Å². The average molecular weight is 279 g/mol. The Morgan fingerprint density at radius 3 is 2.38 bits per heavy atom. The highest BCUT2D eigenvalue weighted by Gasteiger charge is 2.21. The first kappa shape index (κ1) is 12.3. The predicted molar refractivity (Wildman–Crippen MR) is 71.9 cm³/mol. The van der Waals surface area contributed by atoms with Crippen LogP contribution in [0.4, 0.5) is 5.69 Å². The fourth-order valence-corrected chi connectivity index (χ4v) is 2.79. The van der Waals surface area contributed by atoms with Crippen LogP contribution in [0.3, 0.4) is 0 Å². The summed E-state index contributed by atoms with van der Waals surface area (Å²) in [4.78, 5) is 0.